The molecule has 0 aromatic heterocycles. The molecule has 0 aromatic carbocycles. The highest BCUT2D eigenvalue weighted by molar-refractivity contribution is 5.66. The van der Waals surface area contributed by atoms with Crippen molar-refractivity contribution in [3.63, 3.8) is 0 Å². The maximum Gasteiger partial charge on any atom is 0.302 e. The van der Waals surface area contributed by atoms with E-state index < -0.39 is 0 Å². The number of rotatable bonds is 8. The smallest absolute Gasteiger partial charge is 0.302 e. The summed E-state index contributed by atoms with van der Waals surface area (Å²) in [5.41, 5.74) is 3.03. The van der Waals surface area contributed by atoms with E-state index in [9.17, 15) is 9.59 Å². The monoisotopic (exact) mass is 526 g/mol. The van der Waals surface area contributed by atoms with E-state index in [1.165, 1.54) is 43.8 Å². The number of hydrogen-bond acceptors (Lipinski definition) is 4. The number of allylic oxidation sites excluding steroid dienone is 4. The average Bonchev–Trinajstić information content (AvgIpc) is 3.12. The zero-order chi connectivity index (χ0) is 28.1. The van der Waals surface area contributed by atoms with Gasteiger partial charge in [0.2, 0.25) is 0 Å². The predicted molar refractivity (Wildman–Crippen MR) is 153 cm³/mol. The topological polar surface area (TPSA) is 52.6 Å². The molecular weight excluding hydrogens is 472 g/mol. The number of carbonyl (C=O) groups is 2. The molecule has 0 heterocycles. The van der Waals surface area contributed by atoms with Gasteiger partial charge in [0.1, 0.15) is 6.10 Å². The third-order valence-corrected chi connectivity index (χ3v) is 11.9. The molecule has 4 aliphatic carbocycles. The predicted octanol–water partition coefficient (Wildman–Crippen LogP) is 8.45. The van der Waals surface area contributed by atoms with Gasteiger partial charge in [-0.1, -0.05) is 79.9 Å². The SMILES string of the molecule is CC(=O)OC[C@]12CC=C3C(=CC[C@H]4C(C)(C)[C@@H](OC(C)=O)CC[C@]34C)[C@]1(C)CC[C@@H]2[C@H](C)CCCC(C)C. The maximum absolute atomic E-state index is 12.1. The second-order valence-corrected chi connectivity index (χ2v) is 14.8. The molecule has 0 aromatic rings. The van der Waals surface area contributed by atoms with E-state index in [0.717, 1.165) is 38.0 Å². The van der Waals surface area contributed by atoms with Crippen LogP contribution in [0.4, 0.5) is 0 Å². The molecule has 0 bridgehead atoms. The van der Waals surface area contributed by atoms with Crippen molar-refractivity contribution in [2.75, 3.05) is 6.61 Å². The summed E-state index contributed by atoms with van der Waals surface area (Å²) in [6.07, 6.45) is 15.2. The van der Waals surface area contributed by atoms with E-state index in [4.69, 9.17) is 9.47 Å². The maximum atomic E-state index is 12.1. The molecule has 4 rings (SSSR count). The summed E-state index contributed by atoms with van der Waals surface area (Å²) in [4.78, 5) is 24.0. The fourth-order valence-electron chi connectivity index (χ4n) is 9.72. The minimum absolute atomic E-state index is 0.00830. The van der Waals surface area contributed by atoms with E-state index in [2.05, 4.69) is 60.6 Å². The van der Waals surface area contributed by atoms with Crippen LogP contribution in [0, 0.1) is 45.3 Å². The second kappa shape index (κ2) is 10.4. The molecule has 0 radical (unpaired) electrons. The van der Waals surface area contributed by atoms with Gasteiger partial charge in [0.15, 0.2) is 0 Å². The van der Waals surface area contributed by atoms with Gasteiger partial charge < -0.3 is 9.47 Å². The molecule has 214 valence electrons. The van der Waals surface area contributed by atoms with Crippen LogP contribution in [0.15, 0.2) is 23.3 Å². The fraction of sp³-hybridized carbons (Fsp3) is 0.824. The second-order valence-electron chi connectivity index (χ2n) is 14.8. The zero-order valence-electron chi connectivity index (χ0n) is 25.7. The Kier molecular flexibility index (Phi) is 8.07. The first-order valence-electron chi connectivity index (χ1n) is 15.4. The zero-order valence-corrected chi connectivity index (χ0v) is 25.7. The quantitative estimate of drug-likeness (QED) is 0.298. The van der Waals surface area contributed by atoms with Crippen LogP contribution < -0.4 is 0 Å². The van der Waals surface area contributed by atoms with Gasteiger partial charge in [-0.25, -0.2) is 0 Å². The molecule has 7 atom stereocenters. The van der Waals surface area contributed by atoms with Gasteiger partial charge in [-0.15, -0.1) is 0 Å². The Morgan fingerprint density at radius 1 is 0.947 bits per heavy atom. The highest BCUT2D eigenvalue weighted by Crippen LogP contribution is 2.72. The van der Waals surface area contributed by atoms with Crippen molar-refractivity contribution in [1.82, 2.24) is 0 Å². The molecule has 0 spiro atoms. The largest absolute Gasteiger partial charge is 0.465 e. The Labute approximate surface area is 232 Å². The van der Waals surface area contributed by atoms with Crippen LogP contribution in [0.5, 0.6) is 0 Å². The summed E-state index contributed by atoms with van der Waals surface area (Å²) in [7, 11) is 0. The van der Waals surface area contributed by atoms with Gasteiger partial charge in [-0.2, -0.15) is 0 Å². The van der Waals surface area contributed by atoms with Gasteiger partial charge in [0, 0.05) is 30.1 Å². The van der Waals surface area contributed by atoms with Crippen LogP contribution >= 0.6 is 0 Å². The van der Waals surface area contributed by atoms with Crippen LogP contribution in [0.3, 0.4) is 0 Å². The molecule has 4 aliphatic rings. The summed E-state index contributed by atoms with van der Waals surface area (Å²) < 4.78 is 11.8. The lowest BCUT2D eigenvalue weighted by molar-refractivity contribution is -0.165. The molecule has 4 nitrogen and oxygen atoms in total. The summed E-state index contributed by atoms with van der Waals surface area (Å²) >= 11 is 0. The minimum Gasteiger partial charge on any atom is -0.465 e. The van der Waals surface area contributed by atoms with Crippen molar-refractivity contribution < 1.29 is 19.1 Å². The molecule has 0 saturated heterocycles. The molecule has 0 unspecified atom stereocenters. The molecule has 38 heavy (non-hydrogen) atoms. The van der Waals surface area contributed by atoms with Crippen LogP contribution in [0.1, 0.15) is 120 Å². The summed E-state index contributed by atoms with van der Waals surface area (Å²) in [5.74, 6) is 2.01. The Morgan fingerprint density at radius 3 is 2.29 bits per heavy atom. The van der Waals surface area contributed by atoms with Crippen LogP contribution in [-0.4, -0.2) is 24.6 Å². The average molecular weight is 527 g/mol. The Bertz CT molecular complexity index is 988. The van der Waals surface area contributed by atoms with Gasteiger partial charge in [0.05, 0.1) is 6.61 Å². The van der Waals surface area contributed by atoms with Crippen molar-refractivity contribution in [2.45, 2.75) is 126 Å². The first-order valence-corrected chi connectivity index (χ1v) is 15.4. The molecule has 0 N–H and O–H groups in total. The first kappa shape index (κ1) is 29.4. The molecule has 0 amide bonds. The van der Waals surface area contributed by atoms with E-state index in [0.29, 0.717) is 24.4 Å². The number of hydrogen-bond donors (Lipinski definition) is 0. The van der Waals surface area contributed by atoms with E-state index in [1.54, 1.807) is 6.92 Å². The van der Waals surface area contributed by atoms with Crippen molar-refractivity contribution in [3.05, 3.63) is 23.3 Å². The number of fused-ring (bicyclic) bond motifs is 5. The summed E-state index contributed by atoms with van der Waals surface area (Å²) in [6, 6.07) is 0. The Balaban J connectivity index is 1.70. The molecule has 4 heteroatoms. The van der Waals surface area contributed by atoms with E-state index >= 15 is 0 Å². The fourth-order valence-corrected chi connectivity index (χ4v) is 9.72. The third-order valence-electron chi connectivity index (χ3n) is 11.9. The highest BCUT2D eigenvalue weighted by atomic mass is 16.5. The first-order chi connectivity index (χ1) is 17.7. The van der Waals surface area contributed by atoms with Gasteiger partial charge in [-0.05, 0) is 78.8 Å². The van der Waals surface area contributed by atoms with Gasteiger partial charge in [0.25, 0.3) is 0 Å². The summed E-state index contributed by atoms with van der Waals surface area (Å²) in [6.45, 7) is 20.3. The Hall–Kier alpha value is -1.58. The van der Waals surface area contributed by atoms with Crippen LogP contribution in [0.25, 0.3) is 0 Å². The van der Waals surface area contributed by atoms with Gasteiger partial charge in [-0.3, -0.25) is 9.59 Å². The van der Waals surface area contributed by atoms with Crippen molar-refractivity contribution in [2.24, 2.45) is 45.3 Å². The molecule has 0 aliphatic heterocycles. The normalized spacial score (nSPS) is 38.3. The lowest BCUT2D eigenvalue weighted by Crippen LogP contribution is -2.56. The van der Waals surface area contributed by atoms with E-state index in [-0.39, 0.29) is 39.7 Å². The number of ether oxygens (including phenoxy) is 2. The minimum atomic E-state index is -0.169. The summed E-state index contributed by atoms with van der Waals surface area (Å²) in [5, 5.41) is 0. The molecular formula is C34H54O4. The lowest BCUT2D eigenvalue weighted by Gasteiger charge is -2.61. The Morgan fingerprint density at radius 2 is 1.66 bits per heavy atom. The lowest BCUT2D eigenvalue weighted by atomic mass is 9.44. The van der Waals surface area contributed by atoms with Crippen molar-refractivity contribution in [1.29, 1.82) is 0 Å². The standard InChI is InChI=1S/C34H54O4/c1-22(2)11-10-12-23(3)26-15-19-33(9)28-13-14-29-31(6,7)30(38-25(5)36)17-18-32(29,8)27(28)16-20-34(26,33)21-37-24(4)35/h13,16,22-23,26,29-30H,10-12,14-15,17-21H2,1-9H3/t23-,26-,29+,30+,32-,33+,34+/m1/s1. The molecule has 2 fully saturated rings. The van der Waals surface area contributed by atoms with Crippen LogP contribution in [0.2, 0.25) is 0 Å². The van der Waals surface area contributed by atoms with Crippen molar-refractivity contribution in [3.8, 4) is 0 Å². The van der Waals surface area contributed by atoms with Crippen molar-refractivity contribution >= 4 is 11.9 Å². The molecule has 2 saturated carbocycles. The third kappa shape index (κ3) is 4.70. The van der Waals surface area contributed by atoms with E-state index in [1.807, 2.05) is 0 Å². The van der Waals surface area contributed by atoms with Gasteiger partial charge >= 0.3 is 11.9 Å². The number of esters is 2. The highest BCUT2D eigenvalue weighted by Gasteiger charge is 2.65. The van der Waals surface area contributed by atoms with Crippen LogP contribution in [-0.2, 0) is 19.1 Å². The number of carbonyl (C=O) groups excluding carboxylic acids is 2.